The number of rotatable bonds is 5. The van der Waals surface area contributed by atoms with Gasteiger partial charge in [-0.15, -0.1) is 0 Å². The molecule has 2 atom stereocenters. The first kappa shape index (κ1) is 15.4. The molecule has 0 aromatic carbocycles. The van der Waals surface area contributed by atoms with Crippen LogP contribution in [-0.2, 0) is 9.53 Å². The predicted octanol–water partition coefficient (Wildman–Crippen LogP) is 0.149. The number of hydrogen-bond acceptors (Lipinski definition) is 4. The van der Waals surface area contributed by atoms with E-state index in [1.807, 2.05) is 18.7 Å². The maximum absolute atomic E-state index is 12.1. The van der Waals surface area contributed by atoms with Crippen LogP contribution in [0.4, 0.5) is 0 Å². The molecule has 2 N–H and O–H groups in total. The van der Waals surface area contributed by atoms with Gasteiger partial charge in [0.2, 0.25) is 5.91 Å². The lowest BCUT2D eigenvalue weighted by Crippen LogP contribution is -2.56. The van der Waals surface area contributed by atoms with E-state index in [0.29, 0.717) is 6.04 Å². The summed E-state index contributed by atoms with van der Waals surface area (Å²) in [5.74, 6) is 0.284. The van der Waals surface area contributed by atoms with E-state index in [9.17, 15) is 4.79 Å². The number of hydrogen-bond donors (Lipinski definition) is 1. The predicted molar refractivity (Wildman–Crippen MR) is 72.3 cm³/mol. The van der Waals surface area contributed by atoms with Crippen molar-refractivity contribution in [2.75, 3.05) is 39.9 Å². The molecule has 0 aromatic rings. The molecular formula is C13H27N3O2. The summed E-state index contributed by atoms with van der Waals surface area (Å²) in [4.78, 5) is 16.3. The first-order chi connectivity index (χ1) is 8.47. The monoisotopic (exact) mass is 257 g/mol. The zero-order valence-electron chi connectivity index (χ0n) is 12.1. The molecule has 0 spiro atoms. The van der Waals surface area contributed by atoms with Crippen LogP contribution in [0.25, 0.3) is 0 Å². The van der Waals surface area contributed by atoms with E-state index in [1.165, 1.54) is 0 Å². The quantitative estimate of drug-likeness (QED) is 0.761. The molecule has 5 heteroatoms. The third kappa shape index (κ3) is 3.93. The standard InChI is InChI=1S/C13H27N3O2/c1-10(2)12(14)13(17)16-7-5-15(6-8-16)11(3)9-18-4/h10-12H,5-9,14H2,1-4H3/t11-,12-/m0/s1. The Morgan fingerprint density at radius 1 is 1.22 bits per heavy atom. The SMILES string of the molecule is COC[C@H](C)N1CCN(C(=O)[C@@H](N)C(C)C)CC1. The minimum absolute atomic E-state index is 0.0871. The molecule has 0 saturated carbocycles. The van der Waals surface area contributed by atoms with Gasteiger partial charge in [-0.05, 0) is 12.8 Å². The van der Waals surface area contributed by atoms with E-state index in [-0.39, 0.29) is 17.9 Å². The molecule has 1 rings (SSSR count). The first-order valence-electron chi connectivity index (χ1n) is 6.74. The van der Waals surface area contributed by atoms with Crippen molar-refractivity contribution in [3.05, 3.63) is 0 Å². The summed E-state index contributed by atoms with van der Waals surface area (Å²) in [6, 6.07) is 0.0407. The fourth-order valence-corrected chi connectivity index (χ4v) is 2.23. The molecule has 1 aliphatic heterocycles. The molecule has 18 heavy (non-hydrogen) atoms. The van der Waals surface area contributed by atoms with Crippen LogP contribution in [0.3, 0.4) is 0 Å². The normalized spacial score (nSPS) is 21.1. The third-order valence-corrected chi connectivity index (χ3v) is 3.66. The number of nitrogens with two attached hydrogens (primary N) is 1. The van der Waals surface area contributed by atoms with Crippen molar-refractivity contribution in [1.82, 2.24) is 9.80 Å². The molecule has 1 amide bonds. The lowest BCUT2D eigenvalue weighted by molar-refractivity contribution is -0.135. The third-order valence-electron chi connectivity index (χ3n) is 3.66. The van der Waals surface area contributed by atoms with Gasteiger partial charge in [0, 0.05) is 39.3 Å². The Morgan fingerprint density at radius 2 is 1.78 bits per heavy atom. The zero-order chi connectivity index (χ0) is 13.7. The zero-order valence-corrected chi connectivity index (χ0v) is 12.1. The van der Waals surface area contributed by atoms with Crippen molar-refractivity contribution >= 4 is 5.91 Å². The van der Waals surface area contributed by atoms with Crippen LogP contribution in [-0.4, -0.2) is 67.7 Å². The minimum Gasteiger partial charge on any atom is -0.383 e. The first-order valence-corrected chi connectivity index (χ1v) is 6.74. The van der Waals surface area contributed by atoms with E-state index >= 15 is 0 Å². The lowest BCUT2D eigenvalue weighted by Gasteiger charge is -2.39. The topological polar surface area (TPSA) is 58.8 Å². The Balaban J connectivity index is 2.41. The molecule has 1 aliphatic rings. The van der Waals surface area contributed by atoms with Crippen molar-refractivity contribution in [2.45, 2.75) is 32.9 Å². The highest BCUT2D eigenvalue weighted by Gasteiger charge is 2.28. The Morgan fingerprint density at radius 3 is 2.22 bits per heavy atom. The van der Waals surface area contributed by atoms with Gasteiger partial charge in [0.05, 0.1) is 12.6 Å². The summed E-state index contributed by atoms with van der Waals surface area (Å²) in [6.07, 6.45) is 0. The van der Waals surface area contributed by atoms with Crippen LogP contribution in [0.5, 0.6) is 0 Å². The second-order valence-electron chi connectivity index (χ2n) is 5.44. The number of piperazine rings is 1. The van der Waals surface area contributed by atoms with Crippen molar-refractivity contribution in [1.29, 1.82) is 0 Å². The maximum Gasteiger partial charge on any atom is 0.239 e. The number of carbonyl (C=O) groups is 1. The molecule has 1 saturated heterocycles. The fraction of sp³-hybridized carbons (Fsp3) is 0.923. The fourth-order valence-electron chi connectivity index (χ4n) is 2.23. The lowest BCUT2D eigenvalue weighted by atomic mass is 10.0. The summed E-state index contributed by atoms with van der Waals surface area (Å²) in [5.41, 5.74) is 5.91. The Kier molecular flexibility index (Phi) is 6.05. The van der Waals surface area contributed by atoms with Crippen LogP contribution in [0.1, 0.15) is 20.8 Å². The summed E-state index contributed by atoms with van der Waals surface area (Å²) < 4.78 is 5.16. The van der Waals surface area contributed by atoms with Crippen LogP contribution in [0.2, 0.25) is 0 Å². The number of methoxy groups -OCH3 is 1. The van der Waals surface area contributed by atoms with E-state index in [1.54, 1.807) is 7.11 Å². The van der Waals surface area contributed by atoms with Gasteiger partial charge in [0.25, 0.3) is 0 Å². The van der Waals surface area contributed by atoms with Crippen molar-refractivity contribution in [3.8, 4) is 0 Å². The Bertz CT molecular complexity index is 263. The van der Waals surface area contributed by atoms with Gasteiger partial charge >= 0.3 is 0 Å². The second-order valence-corrected chi connectivity index (χ2v) is 5.44. The molecule has 1 fully saturated rings. The smallest absolute Gasteiger partial charge is 0.239 e. The Hall–Kier alpha value is -0.650. The molecule has 1 heterocycles. The van der Waals surface area contributed by atoms with Crippen molar-refractivity contribution < 1.29 is 9.53 Å². The van der Waals surface area contributed by atoms with Gasteiger partial charge in [-0.2, -0.15) is 0 Å². The number of carbonyl (C=O) groups excluding carboxylic acids is 1. The average Bonchev–Trinajstić information content (AvgIpc) is 2.37. The second kappa shape index (κ2) is 7.07. The van der Waals surface area contributed by atoms with E-state index < -0.39 is 0 Å². The minimum atomic E-state index is -0.368. The van der Waals surface area contributed by atoms with Gasteiger partial charge < -0.3 is 15.4 Å². The molecule has 0 bridgehead atoms. The molecule has 106 valence electrons. The molecular weight excluding hydrogens is 230 g/mol. The van der Waals surface area contributed by atoms with Gasteiger partial charge in [0.1, 0.15) is 0 Å². The number of amides is 1. The molecule has 0 radical (unpaired) electrons. The highest BCUT2D eigenvalue weighted by atomic mass is 16.5. The molecule has 5 nitrogen and oxygen atoms in total. The molecule has 0 aliphatic carbocycles. The van der Waals surface area contributed by atoms with Gasteiger partial charge in [-0.1, -0.05) is 13.8 Å². The van der Waals surface area contributed by atoms with Crippen LogP contribution >= 0.6 is 0 Å². The van der Waals surface area contributed by atoms with Crippen molar-refractivity contribution in [2.24, 2.45) is 11.7 Å². The number of nitrogens with zero attached hydrogens (tertiary/aromatic N) is 2. The van der Waals surface area contributed by atoms with Gasteiger partial charge in [0.15, 0.2) is 0 Å². The van der Waals surface area contributed by atoms with Gasteiger partial charge in [-0.25, -0.2) is 0 Å². The largest absolute Gasteiger partial charge is 0.383 e. The van der Waals surface area contributed by atoms with E-state index in [2.05, 4.69) is 11.8 Å². The summed E-state index contributed by atoms with van der Waals surface area (Å²) in [7, 11) is 1.72. The maximum atomic E-state index is 12.1. The number of ether oxygens (including phenoxy) is 1. The van der Waals surface area contributed by atoms with Crippen molar-refractivity contribution in [3.63, 3.8) is 0 Å². The molecule has 0 aromatic heterocycles. The van der Waals surface area contributed by atoms with Gasteiger partial charge in [-0.3, -0.25) is 9.69 Å². The van der Waals surface area contributed by atoms with Crippen LogP contribution in [0.15, 0.2) is 0 Å². The highest BCUT2D eigenvalue weighted by molar-refractivity contribution is 5.82. The summed E-state index contributed by atoms with van der Waals surface area (Å²) >= 11 is 0. The molecule has 0 unspecified atom stereocenters. The van der Waals surface area contributed by atoms with E-state index in [0.717, 1.165) is 32.8 Å². The van der Waals surface area contributed by atoms with E-state index in [4.69, 9.17) is 10.5 Å². The average molecular weight is 257 g/mol. The summed E-state index contributed by atoms with van der Waals surface area (Å²) in [5, 5.41) is 0. The summed E-state index contributed by atoms with van der Waals surface area (Å²) in [6.45, 7) is 10.2. The van der Waals surface area contributed by atoms with Crippen LogP contribution in [0, 0.1) is 5.92 Å². The van der Waals surface area contributed by atoms with Crippen LogP contribution < -0.4 is 5.73 Å². The highest BCUT2D eigenvalue weighted by Crippen LogP contribution is 2.10. The Labute approximate surface area is 110 Å².